The third-order valence-electron chi connectivity index (χ3n) is 3.11. The molecule has 1 atom stereocenters. The zero-order valence-corrected chi connectivity index (χ0v) is 13.8. The fourth-order valence-corrected chi connectivity index (χ4v) is 2.87. The number of rotatable bonds is 5. The van der Waals surface area contributed by atoms with Crippen LogP contribution in [0.1, 0.15) is 17.5 Å². The molecule has 1 saturated heterocycles. The van der Waals surface area contributed by atoms with Crippen molar-refractivity contribution in [2.75, 3.05) is 7.11 Å². The van der Waals surface area contributed by atoms with Crippen LogP contribution in [0, 0.1) is 5.82 Å². The van der Waals surface area contributed by atoms with E-state index in [0.717, 1.165) is 25.1 Å². The zero-order valence-electron chi connectivity index (χ0n) is 13.0. The van der Waals surface area contributed by atoms with Crippen LogP contribution in [0.15, 0.2) is 22.3 Å². The molecule has 1 aromatic rings. The number of carbonyl (C=O) groups excluding carboxylic acids is 1. The summed E-state index contributed by atoms with van der Waals surface area (Å²) in [5, 5.41) is 17.2. The minimum atomic E-state index is -4.90. The Morgan fingerprint density at radius 2 is 2.15 bits per heavy atom. The van der Waals surface area contributed by atoms with Crippen LogP contribution in [0.3, 0.4) is 0 Å². The van der Waals surface area contributed by atoms with Gasteiger partial charge >= 0.3 is 12.1 Å². The van der Waals surface area contributed by atoms with E-state index in [1.807, 2.05) is 0 Å². The molecule has 12 heteroatoms. The lowest BCUT2D eigenvalue weighted by Crippen LogP contribution is -2.26. The maximum Gasteiger partial charge on any atom is 0.419 e. The molecular weight excluding hydrogens is 382 g/mol. The first-order chi connectivity index (χ1) is 12.1. The minimum Gasteiger partial charge on any atom is -0.496 e. The third kappa shape index (κ3) is 4.71. The second kappa shape index (κ2) is 7.72. The summed E-state index contributed by atoms with van der Waals surface area (Å²) in [6.07, 6.45) is -4.41. The summed E-state index contributed by atoms with van der Waals surface area (Å²) in [5.74, 6) is -3.41. The van der Waals surface area contributed by atoms with Crippen molar-refractivity contribution in [3.05, 3.63) is 29.1 Å². The van der Waals surface area contributed by atoms with Gasteiger partial charge in [-0.3, -0.25) is 9.59 Å². The van der Waals surface area contributed by atoms with Gasteiger partial charge in [0, 0.05) is 11.6 Å². The summed E-state index contributed by atoms with van der Waals surface area (Å²) < 4.78 is 56.6. The highest BCUT2D eigenvalue weighted by Crippen LogP contribution is 2.34. The standard InChI is InChI=1S/C14H11F4N3O4S/c1-25-9-3-8(15)7(14(16,17)18)2-6(9)5-19-21-13-20-12(24)10(26-13)4-11(22)23/h2-3,5,10H,4H2,1H3,(H,22,23)(H,20,21,24). The van der Waals surface area contributed by atoms with Gasteiger partial charge in [-0.25, -0.2) is 4.39 Å². The Morgan fingerprint density at radius 3 is 2.73 bits per heavy atom. The van der Waals surface area contributed by atoms with Crippen molar-refractivity contribution in [2.24, 2.45) is 10.2 Å². The van der Waals surface area contributed by atoms with Gasteiger partial charge in [0.05, 0.1) is 25.3 Å². The van der Waals surface area contributed by atoms with E-state index in [4.69, 9.17) is 9.84 Å². The Morgan fingerprint density at radius 1 is 1.46 bits per heavy atom. The maximum absolute atomic E-state index is 13.5. The number of halogens is 4. The first-order valence-corrected chi connectivity index (χ1v) is 7.75. The van der Waals surface area contributed by atoms with Gasteiger partial charge in [0.15, 0.2) is 5.17 Å². The van der Waals surface area contributed by atoms with Crippen LogP contribution in [0.4, 0.5) is 17.6 Å². The number of benzene rings is 1. The molecular formula is C14H11F4N3O4S. The molecule has 140 valence electrons. The average molecular weight is 393 g/mol. The second-order valence-corrected chi connectivity index (χ2v) is 6.11. The van der Waals surface area contributed by atoms with Crippen LogP contribution >= 0.6 is 11.8 Å². The highest BCUT2D eigenvalue weighted by Gasteiger charge is 2.35. The average Bonchev–Trinajstić information content (AvgIpc) is 2.86. The number of methoxy groups -OCH3 is 1. The molecule has 1 amide bonds. The summed E-state index contributed by atoms with van der Waals surface area (Å²) in [4.78, 5) is 22.1. The van der Waals surface area contributed by atoms with Gasteiger partial charge in [-0.05, 0) is 6.07 Å². The largest absolute Gasteiger partial charge is 0.496 e. The smallest absolute Gasteiger partial charge is 0.419 e. The minimum absolute atomic E-state index is 0.00498. The van der Waals surface area contributed by atoms with Gasteiger partial charge in [0.2, 0.25) is 5.91 Å². The molecule has 0 radical (unpaired) electrons. The van der Waals surface area contributed by atoms with Crippen molar-refractivity contribution in [2.45, 2.75) is 17.8 Å². The number of ether oxygens (including phenoxy) is 1. The molecule has 1 aliphatic rings. The molecule has 1 fully saturated rings. The number of amidine groups is 1. The topological polar surface area (TPSA) is 100 Å². The van der Waals surface area contributed by atoms with Crippen molar-refractivity contribution in [1.29, 1.82) is 0 Å². The Bertz CT molecular complexity index is 795. The molecule has 1 heterocycles. The lowest BCUT2D eigenvalue weighted by molar-refractivity contribution is -0.140. The molecule has 1 aliphatic heterocycles. The molecule has 0 bridgehead atoms. The number of amides is 1. The van der Waals surface area contributed by atoms with E-state index in [1.165, 1.54) is 0 Å². The van der Waals surface area contributed by atoms with Gasteiger partial charge < -0.3 is 15.2 Å². The van der Waals surface area contributed by atoms with Crippen LogP contribution < -0.4 is 10.1 Å². The SMILES string of the molecule is COc1cc(F)c(C(F)(F)F)cc1C=NN=C1NC(=O)C(CC(=O)O)S1. The monoisotopic (exact) mass is 393 g/mol. The predicted octanol–water partition coefficient (Wildman–Crippen LogP) is 2.25. The number of carboxylic acids is 1. The predicted molar refractivity (Wildman–Crippen MR) is 84.8 cm³/mol. The highest BCUT2D eigenvalue weighted by molar-refractivity contribution is 8.15. The maximum atomic E-state index is 13.5. The highest BCUT2D eigenvalue weighted by atomic mass is 32.2. The summed E-state index contributed by atoms with van der Waals surface area (Å²) in [5.41, 5.74) is -1.67. The van der Waals surface area contributed by atoms with Crippen LogP contribution in [0.25, 0.3) is 0 Å². The molecule has 0 saturated carbocycles. The zero-order chi connectivity index (χ0) is 19.5. The van der Waals surface area contributed by atoms with Crippen LogP contribution in [0.2, 0.25) is 0 Å². The molecule has 0 aliphatic carbocycles. The van der Waals surface area contributed by atoms with E-state index in [9.17, 15) is 27.2 Å². The number of alkyl halides is 3. The van der Waals surface area contributed by atoms with Crippen LogP contribution in [-0.4, -0.2) is 40.7 Å². The number of hydrogen-bond donors (Lipinski definition) is 2. The van der Waals surface area contributed by atoms with Crippen molar-refractivity contribution in [3.8, 4) is 5.75 Å². The van der Waals surface area contributed by atoms with E-state index in [-0.39, 0.29) is 16.5 Å². The number of carbonyl (C=O) groups is 2. The van der Waals surface area contributed by atoms with Crippen LogP contribution in [0.5, 0.6) is 5.75 Å². The Hall–Kier alpha value is -2.63. The third-order valence-corrected chi connectivity index (χ3v) is 4.18. The molecule has 0 spiro atoms. The van der Waals surface area contributed by atoms with Crippen molar-refractivity contribution in [1.82, 2.24) is 5.32 Å². The van der Waals surface area contributed by atoms with Crippen LogP contribution in [-0.2, 0) is 15.8 Å². The number of nitrogens with zero attached hydrogens (tertiary/aromatic N) is 2. The number of aliphatic carboxylic acids is 1. The van der Waals surface area contributed by atoms with Gasteiger partial charge in [-0.15, -0.1) is 5.10 Å². The molecule has 1 aromatic carbocycles. The molecule has 1 unspecified atom stereocenters. The Kier molecular flexibility index (Phi) is 5.85. The number of carboxylic acid groups (broad SMARTS) is 1. The lowest BCUT2D eigenvalue weighted by Gasteiger charge is -2.11. The summed E-state index contributed by atoms with van der Waals surface area (Å²) in [6, 6.07) is 1.10. The second-order valence-electron chi connectivity index (χ2n) is 4.92. The fraction of sp³-hybridized carbons (Fsp3) is 0.286. The molecule has 2 rings (SSSR count). The fourth-order valence-electron chi connectivity index (χ4n) is 1.96. The van der Waals surface area contributed by atoms with Crippen molar-refractivity contribution >= 4 is 35.0 Å². The Balaban J connectivity index is 2.22. The first kappa shape index (κ1) is 19.7. The van der Waals surface area contributed by atoms with Gasteiger partial charge in [-0.1, -0.05) is 11.8 Å². The normalized spacial score (nSPS) is 19.2. The molecule has 2 N–H and O–H groups in total. The molecule has 0 aromatic heterocycles. The number of hydrogen-bond acceptors (Lipinski definition) is 6. The van der Waals surface area contributed by atoms with E-state index >= 15 is 0 Å². The van der Waals surface area contributed by atoms with Gasteiger partial charge in [0.25, 0.3) is 0 Å². The first-order valence-electron chi connectivity index (χ1n) is 6.87. The van der Waals surface area contributed by atoms with Gasteiger partial charge in [-0.2, -0.15) is 18.3 Å². The van der Waals surface area contributed by atoms with Crippen molar-refractivity contribution in [3.63, 3.8) is 0 Å². The molecule has 26 heavy (non-hydrogen) atoms. The number of thioether (sulfide) groups is 1. The van der Waals surface area contributed by atoms with E-state index in [2.05, 4.69) is 15.5 Å². The van der Waals surface area contributed by atoms with E-state index in [0.29, 0.717) is 12.1 Å². The van der Waals surface area contributed by atoms with E-state index < -0.39 is 41.1 Å². The summed E-state index contributed by atoms with van der Waals surface area (Å²) >= 11 is 0.826. The number of nitrogens with one attached hydrogen (secondary N) is 1. The van der Waals surface area contributed by atoms with Crippen molar-refractivity contribution < 1.29 is 37.0 Å². The summed E-state index contributed by atoms with van der Waals surface area (Å²) in [7, 11) is 1.15. The van der Waals surface area contributed by atoms with Gasteiger partial charge in [0.1, 0.15) is 16.8 Å². The quantitative estimate of drug-likeness (QED) is 0.454. The summed E-state index contributed by atoms with van der Waals surface area (Å²) in [6.45, 7) is 0. The Labute approximate surface area is 148 Å². The molecule has 7 nitrogen and oxygen atoms in total. The van der Waals surface area contributed by atoms with E-state index in [1.54, 1.807) is 0 Å². The lowest BCUT2D eigenvalue weighted by atomic mass is 10.1.